The second-order valence-electron chi connectivity index (χ2n) is 3.90. The summed E-state index contributed by atoms with van der Waals surface area (Å²) in [6.07, 6.45) is 0.211. The van der Waals surface area contributed by atoms with Crippen LogP contribution in [0.1, 0.15) is 24.3 Å². The predicted octanol–water partition coefficient (Wildman–Crippen LogP) is 2.95. The number of alkyl halides is 2. The number of rotatable bonds is 3. The number of carbonyl (C=O) groups is 2. The largest absolute Gasteiger partial charge is 0.393 e. The zero-order chi connectivity index (χ0) is 13.1. The molecule has 1 saturated heterocycles. The fraction of sp³-hybridized carbons (Fsp3) is 0.333. The van der Waals surface area contributed by atoms with Crippen molar-refractivity contribution in [2.45, 2.75) is 29.4 Å². The third-order valence-corrected chi connectivity index (χ3v) is 3.31. The topological polar surface area (TPSA) is 43.4 Å². The molecule has 0 unspecified atom stereocenters. The number of esters is 2. The number of halogens is 2. The van der Waals surface area contributed by atoms with E-state index in [1.807, 2.05) is 0 Å². The lowest BCUT2D eigenvalue weighted by Crippen LogP contribution is -2.24. The van der Waals surface area contributed by atoms with Crippen LogP contribution in [0.2, 0.25) is 0 Å². The lowest BCUT2D eigenvalue weighted by molar-refractivity contribution is -0.163. The van der Waals surface area contributed by atoms with E-state index >= 15 is 0 Å². The zero-order valence-corrected chi connectivity index (χ0v) is 10.1. The monoisotopic (exact) mass is 272 g/mol. The number of thioether (sulfide) groups is 1. The van der Waals surface area contributed by atoms with Gasteiger partial charge in [-0.1, -0.05) is 23.9 Å². The van der Waals surface area contributed by atoms with E-state index in [1.54, 1.807) is 24.3 Å². The van der Waals surface area contributed by atoms with Crippen molar-refractivity contribution in [3.8, 4) is 0 Å². The van der Waals surface area contributed by atoms with Crippen molar-refractivity contribution in [3.05, 3.63) is 29.8 Å². The third-order valence-electron chi connectivity index (χ3n) is 2.61. The van der Waals surface area contributed by atoms with Crippen molar-refractivity contribution in [3.63, 3.8) is 0 Å². The minimum Gasteiger partial charge on any atom is -0.393 e. The van der Waals surface area contributed by atoms with Crippen molar-refractivity contribution in [2.75, 3.05) is 0 Å². The maximum atomic E-state index is 12.3. The summed E-state index contributed by atoms with van der Waals surface area (Å²) in [5.41, 5.74) is 0.714. The summed E-state index contributed by atoms with van der Waals surface area (Å²) in [4.78, 5) is 22.7. The molecule has 0 saturated carbocycles. The predicted molar refractivity (Wildman–Crippen MR) is 61.4 cm³/mol. The van der Waals surface area contributed by atoms with Gasteiger partial charge in [-0.15, -0.1) is 0 Å². The standard InChI is InChI=1S/C12H10F2O3S/c13-12(14)18-9-3-1-2-7(4-9)8-5-10(15)17-11(16)6-8/h1-4,8,12H,5-6H2. The van der Waals surface area contributed by atoms with Crippen LogP contribution in [0.15, 0.2) is 29.2 Å². The summed E-state index contributed by atoms with van der Waals surface area (Å²) in [6, 6.07) is 6.53. The van der Waals surface area contributed by atoms with Crippen LogP contribution in [0, 0.1) is 0 Å². The van der Waals surface area contributed by atoms with Gasteiger partial charge in [-0.3, -0.25) is 9.59 Å². The van der Waals surface area contributed by atoms with Gasteiger partial charge in [0.25, 0.3) is 5.76 Å². The summed E-state index contributed by atoms with van der Waals surface area (Å²) in [7, 11) is 0. The molecule has 96 valence electrons. The van der Waals surface area contributed by atoms with Crippen LogP contribution in [0.3, 0.4) is 0 Å². The van der Waals surface area contributed by atoms with Crippen LogP contribution in [0.5, 0.6) is 0 Å². The number of benzene rings is 1. The fourth-order valence-electron chi connectivity index (χ4n) is 1.87. The molecule has 1 fully saturated rings. The van der Waals surface area contributed by atoms with E-state index in [0.717, 1.165) is 0 Å². The molecule has 0 amide bonds. The molecule has 1 aliphatic heterocycles. The molecule has 0 atom stereocenters. The second kappa shape index (κ2) is 5.48. The van der Waals surface area contributed by atoms with Gasteiger partial charge in [0, 0.05) is 10.8 Å². The second-order valence-corrected chi connectivity index (χ2v) is 4.97. The zero-order valence-electron chi connectivity index (χ0n) is 9.27. The number of cyclic esters (lactones) is 2. The Balaban J connectivity index is 2.17. The highest BCUT2D eigenvalue weighted by Crippen LogP contribution is 2.32. The van der Waals surface area contributed by atoms with Gasteiger partial charge in [-0.25, -0.2) is 0 Å². The molecule has 18 heavy (non-hydrogen) atoms. The highest BCUT2D eigenvalue weighted by molar-refractivity contribution is 7.99. The van der Waals surface area contributed by atoms with Gasteiger partial charge in [0.1, 0.15) is 0 Å². The molecular formula is C12H10F2O3S. The molecule has 1 heterocycles. The number of ether oxygens (including phenoxy) is 1. The van der Waals surface area contributed by atoms with E-state index in [1.165, 1.54) is 0 Å². The van der Waals surface area contributed by atoms with Crippen molar-refractivity contribution < 1.29 is 23.1 Å². The first-order valence-electron chi connectivity index (χ1n) is 5.33. The number of hydrogen-bond acceptors (Lipinski definition) is 4. The van der Waals surface area contributed by atoms with Gasteiger partial charge < -0.3 is 4.74 Å². The van der Waals surface area contributed by atoms with Crippen molar-refractivity contribution in [1.82, 2.24) is 0 Å². The maximum absolute atomic E-state index is 12.3. The average Bonchev–Trinajstić information content (AvgIpc) is 2.27. The fourth-order valence-corrected chi connectivity index (χ4v) is 2.43. The summed E-state index contributed by atoms with van der Waals surface area (Å²) in [5, 5.41) is 0. The molecule has 0 radical (unpaired) electrons. The maximum Gasteiger partial charge on any atom is 0.314 e. The summed E-state index contributed by atoms with van der Waals surface area (Å²) in [5.74, 6) is -3.90. The minimum atomic E-state index is -2.49. The Hall–Kier alpha value is -1.43. The van der Waals surface area contributed by atoms with Crippen LogP contribution in [-0.2, 0) is 14.3 Å². The SMILES string of the molecule is O=C1CC(c2cccc(SC(F)F)c2)CC(=O)O1. The van der Waals surface area contributed by atoms with Gasteiger partial charge in [0.15, 0.2) is 0 Å². The van der Waals surface area contributed by atoms with E-state index in [9.17, 15) is 18.4 Å². The van der Waals surface area contributed by atoms with Crippen LogP contribution in [0.4, 0.5) is 8.78 Å². The third kappa shape index (κ3) is 3.29. The molecule has 0 N–H and O–H groups in total. The smallest absolute Gasteiger partial charge is 0.314 e. The van der Waals surface area contributed by atoms with Crippen molar-refractivity contribution in [1.29, 1.82) is 0 Å². The van der Waals surface area contributed by atoms with E-state index in [2.05, 4.69) is 4.74 Å². The van der Waals surface area contributed by atoms with Crippen molar-refractivity contribution in [2.24, 2.45) is 0 Å². The lowest BCUT2D eigenvalue weighted by Gasteiger charge is -2.20. The molecular weight excluding hydrogens is 262 g/mol. The highest BCUT2D eigenvalue weighted by Gasteiger charge is 2.28. The molecule has 1 aromatic rings. The molecule has 6 heteroatoms. The van der Waals surface area contributed by atoms with Gasteiger partial charge in [0.2, 0.25) is 0 Å². The first kappa shape index (κ1) is 13.0. The van der Waals surface area contributed by atoms with E-state index in [-0.39, 0.29) is 18.8 Å². The first-order chi connectivity index (χ1) is 8.54. The van der Waals surface area contributed by atoms with E-state index < -0.39 is 17.7 Å². The Morgan fingerprint density at radius 1 is 1.22 bits per heavy atom. The van der Waals surface area contributed by atoms with Crippen LogP contribution < -0.4 is 0 Å². The van der Waals surface area contributed by atoms with Crippen LogP contribution >= 0.6 is 11.8 Å². The number of carbonyl (C=O) groups excluding carboxylic acids is 2. The summed E-state index contributed by atoms with van der Waals surface area (Å²) in [6.45, 7) is 0. The molecule has 0 spiro atoms. The molecule has 2 rings (SSSR count). The molecule has 1 aromatic carbocycles. The summed E-state index contributed by atoms with van der Waals surface area (Å²) >= 11 is 0.444. The Morgan fingerprint density at radius 2 is 1.89 bits per heavy atom. The molecule has 1 aliphatic rings. The van der Waals surface area contributed by atoms with Gasteiger partial charge >= 0.3 is 11.9 Å². The molecule has 0 aliphatic carbocycles. The molecule has 3 nitrogen and oxygen atoms in total. The minimum absolute atomic E-state index is 0.106. The Bertz CT molecular complexity index is 460. The molecule has 0 bridgehead atoms. The van der Waals surface area contributed by atoms with Gasteiger partial charge in [0.05, 0.1) is 12.8 Å². The Labute approximate surface area is 107 Å². The quantitative estimate of drug-likeness (QED) is 0.482. The lowest BCUT2D eigenvalue weighted by atomic mass is 9.91. The Kier molecular flexibility index (Phi) is 3.96. The Morgan fingerprint density at radius 3 is 2.50 bits per heavy atom. The van der Waals surface area contributed by atoms with Gasteiger partial charge in [-0.05, 0) is 17.7 Å². The average molecular weight is 272 g/mol. The normalized spacial score (nSPS) is 17.1. The molecule has 0 aromatic heterocycles. The summed E-state index contributed by atoms with van der Waals surface area (Å²) < 4.78 is 28.9. The first-order valence-corrected chi connectivity index (χ1v) is 6.21. The van der Waals surface area contributed by atoms with Gasteiger partial charge in [-0.2, -0.15) is 8.78 Å². The van der Waals surface area contributed by atoms with E-state index in [0.29, 0.717) is 22.2 Å². The van der Waals surface area contributed by atoms with E-state index in [4.69, 9.17) is 0 Å². The van der Waals surface area contributed by atoms with Crippen LogP contribution in [0.25, 0.3) is 0 Å². The highest BCUT2D eigenvalue weighted by atomic mass is 32.2. The van der Waals surface area contributed by atoms with Crippen LogP contribution in [-0.4, -0.2) is 17.7 Å². The number of hydrogen-bond donors (Lipinski definition) is 0. The van der Waals surface area contributed by atoms with Crippen molar-refractivity contribution >= 4 is 23.7 Å².